The molecular weight excluding hydrogens is 510 g/mol. The van der Waals surface area contributed by atoms with Crippen molar-refractivity contribution in [2.45, 2.75) is 0 Å². The first-order valence-corrected chi connectivity index (χ1v) is 12.9. The number of pyridine rings is 1. The van der Waals surface area contributed by atoms with Crippen LogP contribution in [0.1, 0.15) is 5.56 Å². The fourth-order valence-electron chi connectivity index (χ4n) is 5.04. The quantitative estimate of drug-likeness (QED) is 0.216. The summed E-state index contributed by atoms with van der Waals surface area (Å²) in [4.78, 5) is 5.10. The van der Waals surface area contributed by atoms with Crippen molar-refractivity contribution >= 4 is 44.4 Å². The lowest BCUT2D eigenvalue weighted by Crippen LogP contribution is -1.92. The van der Waals surface area contributed by atoms with Crippen molar-refractivity contribution in [3.8, 4) is 39.6 Å². The Hall–Kier alpha value is -5.06. The third kappa shape index (κ3) is 3.81. The standard InChI is InChI=1S/C32H16F2N4S/c33-26-14-22(15-27(34)25(26)17-35)19-8-6-18(7-9-19)21-10-11-23-29(16-21)36-31(20-4-2-1-3-5-20)24-12-13-28-32(30(23)24)38-39-37-28/h1-16H. The van der Waals surface area contributed by atoms with Gasteiger partial charge in [0.15, 0.2) is 0 Å². The zero-order valence-corrected chi connectivity index (χ0v) is 21.0. The Bertz CT molecular complexity index is 2070. The second-order valence-electron chi connectivity index (χ2n) is 9.18. The van der Waals surface area contributed by atoms with Crippen LogP contribution in [0.3, 0.4) is 0 Å². The molecule has 0 saturated carbocycles. The van der Waals surface area contributed by atoms with Gasteiger partial charge < -0.3 is 0 Å². The molecule has 5 aromatic carbocycles. The molecule has 0 amide bonds. The number of benzene rings is 5. The molecule has 2 aromatic heterocycles. The Labute approximate surface area is 225 Å². The van der Waals surface area contributed by atoms with E-state index in [0.29, 0.717) is 11.1 Å². The maximum Gasteiger partial charge on any atom is 0.144 e. The summed E-state index contributed by atoms with van der Waals surface area (Å²) in [5.41, 5.74) is 6.79. The molecule has 0 unspecified atom stereocenters. The largest absolute Gasteiger partial charge is 0.247 e. The van der Waals surface area contributed by atoms with E-state index < -0.39 is 17.2 Å². The van der Waals surface area contributed by atoms with E-state index in [1.807, 2.05) is 54.6 Å². The molecule has 0 atom stereocenters. The molecule has 7 aromatic rings. The van der Waals surface area contributed by atoms with Gasteiger partial charge in [0.25, 0.3) is 0 Å². The van der Waals surface area contributed by atoms with Crippen molar-refractivity contribution in [3.05, 3.63) is 114 Å². The minimum atomic E-state index is -0.872. The second-order valence-corrected chi connectivity index (χ2v) is 9.71. The van der Waals surface area contributed by atoms with Crippen LogP contribution in [0.15, 0.2) is 97.1 Å². The van der Waals surface area contributed by atoms with E-state index in [2.05, 4.69) is 39.1 Å². The number of nitrogens with zero attached hydrogens (tertiary/aromatic N) is 4. The Kier molecular flexibility index (Phi) is 5.36. The van der Waals surface area contributed by atoms with Crippen molar-refractivity contribution in [1.82, 2.24) is 13.7 Å². The van der Waals surface area contributed by atoms with E-state index in [0.717, 1.165) is 55.1 Å². The van der Waals surface area contributed by atoms with Crippen LogP contribution in [0.4, 0.5) is 8.78 Å². The normalized spacial score (nSPS) is 11.3. The van der Waals surface area contributed by atoms with Crippen LogP contribution in [0.2, 0.25) is 0 Å². The molecule has 2 heterocycles. The fourth-order valence-corrected chi connectivity index (χ4v) is 5.58. The number of aromatic nitrogens is 3. The van der Waals surface area contributed by atoms with Crippen LogP contribution < -0.4 is 0 Å². The van der Waals surface area contributed by atoms with E-state index in [-0.39, 0.29) is 0 Å². The number of hydrogen-bond acceptors (Lipinski definition) is 5. The molecule has 39 heavy (non-hydrogen) atoms. The molecule has 4 nitrogen and oxygen atoms in total. The monoisotopic (exact) mass is 526 g/mol. The molecule has 0 aliphatic carbocycles. The van der Waals surface area contributed by atoms with Crippen LogP contribution in [0, 0.1) is 23.0 Å². The summed E-state index contributed by atoms with van der Waals surface area (Å²) in [5, 5.41) is 12.0. The van der Waals surface area contributed by atoms with Gasteiger partial charge in [-0.15, -0.1) is 0 Å². The van der Waals surface area contributed by atoms with E-state index in [1.54, 1.807) is 6.07 Å². The highest BCUT2D eigenvalue weighted by Gasteiger charge is 2.16. The molecular formula is C32H16F2N4S. The number of nitriles is 1. The van der Waals surface area contributed by atoms with Crippen LogP contribution >= 0.6 is 11.7 Å². The Morgan fingerprint density at radius 3 is 2.00 bits per heavy atom. The first-order valence-electron chi connectivity index (χ1n) is 12.1. The molecule has 0 fully saturated rings. The summed E-state index contributed by atoms with van der Waals surface area (Å²) in [6.45, 7) is 0. The van der Waals surface area contributed by atoms with Crippen molar-refractivity contribution in [2.75, 3.05) is 0 Å². The highest BCUT2D eigenvalue weighted by Crippen LogP contribution is 2.38. The van der Waals surface area contributed by atoms with Crippen LogP contribution in [-0.4, -0.2) is 13.7 Å². The summed E-state index contributed by atoms with van der Waals surface area (Å²) < 4.78 is 37.4. The molecule has 7 heteroatoms. The third-order valence-electron chi connectivity index (χ3n) is 6.94. The van der Waals surface area contributed by atoms with Crippen molar-refractivity contribution < 1.29 is 8.78 Å². The van der Waals surface area contributed by atoms with Gasteiger partial charge in [0.2, 0.25) is 0 Å². The van der Waals surface area contributed by atoms with Gasteiger partial charge in [0, 0.05) is 21.7 Å². The number of hydrogen-bond donors (Lipinski definition) is 0. The molecule has 0 radical (unpaired) electrons. The Morgan fingerprint density at radius 2 is 1.28 bits per heavy atom. The fraction of sp³-hybridized carbons (Fsp3) is 0. The third-order valence-corrected chi connectivity index (χ3v) is 7.48. The van der Waals surface area contributed by atoms with E-state index >= 15 is 0 Å². The first kappa shape index (κ1) is 23.1. The van der Waals surface area contributed by atoms with Crippen molar-refractivity contribution in [3.63, 3.8) is 0 Å². The van der Waals surface area contributed by atoms with Gasteiger partial charge in [-0.1, -0.05) is 66.7 Å². The Balaban J connectivity index is 1.38. The number of rotatable bonds is 3. The average Bonchev–Trinajstić information content (AvgIpc) is 3.46. The molecule has 0 bridgehead atoms. The van der Waals surface area contributed by atoms with Gasteiger partial charge in [-0.2, -0.15) is 14.0 Å². The highest BCUT2D eigenvalue weighted by atomic mass is 32.1. The van der Waals surface area contributed by atoms with Gasteiger partial charge in [-0.3, -0.25) is 0 Å². The summed E-state index contributed by atoms with van der Waals surface area (Å²) in [5.74, 6) is -1.74. The van der Waals surface area contributed by atoms with Crippen LogP contribution in [0.25, 0.3) is 66.2 Å². The van der Waals surface area contributed by atoms with Gasteiger partial charge >= 0.3 is 0 Å². The minimum absolute atomic E-state index is 0.371. The lowest BCUT2D eigenvalue weighted by Gasteiger charge is -2.12. The summed E-state index contributed by atoms with van der Waals surface area (Å²) in [7, 11) is 0. The van der Waals surface area contributed by atoms with Crippen molar-refractivity contribution in [2.24, 2.45) is 0 Å². The molecule has 0 aliphatic heterocycles. The molecule has 0 saturated heterocycles. The smallest absolute Gasteiger partial charge is 0.144 e. The Morgan fingerprint density at radius 1 is 0.615 bits per heavy atom. The maximum absolute atomic E-state index is 14.2. The topological polar surface area (TPSA) is 62.5 Å². The van der Waals surface area contributed by atoms with Crippen LogP contribution in [-0.2, 0) is 0 Å². The average molecular weight is 527 g/mol. The van der Waals surface area contributed by atoms with Crippen LogP contribution in [0.5, 0.6) is 0 Å². The summed E-state index contributed by atoms with van der Waals surface area (Å²) >= 11 is 1.20. The summed E-state index contributed by atoms with van der Waals surface area (Å²) in [6.07, 6.45) is 0. The molecule has 7 rings (SSSR count). The van der Waals surface area contributed by atoms with E-state index in [4.69, 9.17) is 10.2 Å². The molecule has 0 N–H and O–H groups in total. The van der Waals surface area contributed by atoms with Crippen molar-refractivity contribution in [1.29, 1.82) is 5.26 Å². The van der Waals surface area contributed by atoms with E-state index in [1.165, 1.54) is 23.9 Å². The summed E-state index contributed by atoms with van der Waals surface area (Å²) in [6, 6.07) is 31.7. The van der Waals surface area contributed by atoms with Gasteiger partial charge in [-0.25, -0.2) is 13.8 Å². The predicted molar refractivity (Wildman–Crippen MR) is 151 cm³/mol. The zero-order chi connectivity index (χ0) is 26.5. The second kappa shape index (κ2) is 9.05. The first-order chi connectivity index (χ1) is 19.1. The molecule has 0 aliphatic rings. The highest BCUT2D eigenvalue weighted by molar-refractivity contribution is 7.00. The van der Waals surface area contributed by atoms with Gasteiger partial charge in [-0.05, 0) is 52.6 Å². The van der Waals surface area contributed by atoms with E-state index in [9.17, 15) is 8.78 Å². The minimum Gasteiger partial charge on any atom is -0.247 e. The molecule has 184 valence electrons. The molecule has 0 spiro atoms. The maximum atomic E-state index is 14.2. The number of halogens is 2. The zero-order valence-electron chi connectivity index (χ0n) is 20.2. The lowest BCUT2D eigenvalue weighted by atomic mass is 9.95. The SMILES string of the molecule is N#Cc1c(F)cc(-c2ccc(-c3ccc4c(c3)nc(-c3ccccc3)c3ccc5nsnc5c34)cc2)cc1F. The lowest BCUT2D eigenvalue weighted by molar-refractivity contribution is 0.577. The number of fused-ring (bicyclic) bond motifs is 5. The van der Waals surface area contributed by atoms with Gasteiger partial charge in [0.05, 0.1) is 22.9 Å². The van der Waals surface area contributed by atoms with Gasteiger partial charge in [0.1, 0.15) is 34.3 Å². The predicted octanol–water partition coefficient (Wildman–Crippen LogP) is 8.54.